The highest BCUT2D eigenvalue weighted by atomic mass is 19.4. The molecule has 2 aromatic heterocycles. The van der Waals surface area contributed by atoms with Gasteiger partial charge in [-0.2, -0.15) is 13.2 Å². The topological polar surface area (TPSA) is 80.3 Å². The molecule has 0 unspecified atom stereocenters. The Kier molecular flexibility index (Phi) is 4.84. The summed E-state index contributed by atoms with van der Waals surface area (Å²) in [5.41, 5.74) is 7.07. The lowest BCUT2D eigenvalue weighted by molar-refractivity contribution is -0.137. The van der Waals surface area contributed by atoms with Gasteiger partial charge in [0.1, 0.15) is 5.82 Å². The van der Waals surface area contributed by atoms with Gasteiger partial charge in [0.05, 0.1) is 11.3 Å². The fourth-order valence-corrected chi connectivity index (χ4v) is 3.45. The summed E-state index contributed by atoms with van der Waals surface area (Å²) in [6.07, 6.45) is 2.91. The van der Waals surface area contributed by atoms with Crippen LogP contribution in [-0.2, 0) is 6.18 Å². The lowest BCUT2D eigenvalue weighted by Crippen LogP contribution is -2.33. The Labute approximate surface area is 159 Å². The minimum atomic E-state index is -4.36. The first kappa shape index (κ1) is 18.5. The number of fused-ring (bicyclic) bond motifs is 1. The van der Waals surface area contributed by atoms with Crippen LogP contribution in [0, 0.1) is 0 Å². The van der Waals surface area contributed by atoms with E-state index in [1.165, 1.54) is 12.1 Å². The van der Waals surface area contributed by atoms with E-state index in [0.29, 0.717) is 28.9 Å². The van der Waals surface area contributed by atoms with E-state index in [1.54, 1.807) is 16.9 Å². The van der Waals surface area contributed by atoms with Crippen LogP contribution in [0.5, 0.6) is 0 Å². The minimum absolute atomic E-state index is 0.263. The van der Waals surface area contributed by atoms with E-state index < -0.39 is 11.7 Å². The van der Waals surface area contributed by atoms with Crippen molar-refractivity contribution in [2.75, 3.05) is 10.6 Å². The lowest BCUT2D eigenvalue weighted by atomic mass is 9.92. The molecule has 1 fully saturated rings. The maximum absolute atomic E-state index is 12.8. The molecule has 1 aromatic carbocycles. The Bertz CT molecular complexity index is 942. The Morgan fingerprint density at radius 2 is 1.79 bits per heavy atom. The number of hydrogen-bond acceptors (Lipinski definition) is 5. The zero-order valence-corrected chi connectivity index (χ0v) is 15.1. The Balaban J connectivity index is 1.57. The largest absolute Gasteiger partial charge is 0.416 e. The van der Waals surface area contributed by atoms with Gasteiger partial charge >= 0.3 is 6.18 Å². The molecule has 0 atom stereocenters. The number of nitrogens with zero attached hydrogens (tertiary/aromatic N) is 3. The number of nitrogens with two attached hydrogens (primary N) is 1. The Hall–Kier alpha value is -2.81. The number of alkyl halides is 3. The molecule has 1 aliphatic carbocycles. The van der Waals surface area contributed by atoms with Crippen LogP contribution in [-0.4, -0.2) is 26.7 Å². The van der Waals surface area contributed by atoms with Crippen LogP contribution in [0.2, 0.25) is 0 Å². The molecule has 1 saturated carbocycles. The van der Waals surface area contributed by atoms with Gasteiger partial charge in [0.15, 0.2) is 5.65 Å². The molecular formula is C19H21F3N6. The van der Waals surface area contributed by atoms with Crippen LogP contribution < -0.4 is 16.4 Å². The quantitative estimate of drug-likeness (QED) is 0.623. The molecule has 4 rings (SSSR count). The molecule has 0 spiro atoms. The second kappa shape index (κ2) is 7.31. The molecule has 4 N–H and O–H groups in total. The van der Waals surface area contributed by atoms with Crippen LogP contribution in [0.1, 0.15) is 31.2 Å². The Morgan fingerprint density at radius 1 is 1.07 bits per heavy atom. The van der Waals surface area contributed by atoms with Crippen LogP contribution in [0.15, 0.2) is 42.7 Å². The Morgan fingerprint density at radius 3 is 2.46 bits per heavy atom. The van der Waals surface area contributed by atoms with Crippen molar-refractivity contribution in [3.8, 4) is 0 Å². The molecule has 3 aromatic rings. The van der Waals surface area contributed by atoms with Crippen molar-refractivity contribution in [3.05, 3.63) is 48.3 Å². The molecule has 28 heavy (non-hydrogen) atoms. The standard InChI is InChI=1S/C19H21F3N6/c20-19(21,22)12-1-5-14(6-2-12)25-16-11-17(27-28-10-9-24-18(16)28)26-15-7-3-13(23)4-8-15/h1-2,5-6,9-11,13,15,25H,3-4,7-8,23H2,(H,26,27). The minimum Gasteiger partial charge on any atom is -0.366 e. The predicted octanol–water partition coefficient (Wildman–Crippen LogP) is 4.17. The van der Waals surface area contributed by atoms with Gasteiger partial charge in [-0.05, 0) is 49.9 Å². The van der Waals surface area contributed by atoms with Gasteiger partial charge < -0.3 is 16.4 Å². The predicted molar refractivity (Wildman–Crippen MR) is 102 cm³/mol. The zero-order chi connectivity index (χ0) is 19.7. The number of benzene rings is 1. The number of halogens is 3. The van der Waals surface area contributed by atoms with Crippen molar-refractivity contribution >= 4 is 22.8 Å². The fraction of sp³-hybridized carbons (Fsp3) is 0.368. The van der Waals surface area contributed by atoms with E-state index in [0.717, 1.165) is 37.8 Å². The number of aromatic nitrogens is 3. The number of anilines is 3. The van der Waals surface area contributed by atoms with Crippen molar-refractivity contribution in [1.29, 1.82) is 0 Å². The molecule has 0 amide bonds. The second-order valence-corrected chi connectivity index (χ2v) is 7.09. The van der Waals surface area contributed by atoms with Crippen molar-refractivity contribution in [1.82, 2.24) is 14.6 Å². The molecule has 148 valence electrons. The first-order valence-electron chi connectivity index (χ1n) is 9.19. The maximum Gasteiger partial charge on any atom is 0.416 e. The number of rotatable bonds is 4. The third-order valence-electron chi connectivity index (χ3n) is 4.97. The van der Waals surface area contributed by atoms with E-state index in [1.807, 2.05) is 6.07 Å². The zero-order valence-electron chi connectivity index (χ0n) is 15.1. The lowest BCUT2D eigenvalue weighted by Gasteiger charge is -2.27. The van der Waals surface area contributed by atoms with E-state index >= 15 is 0 Å². The van der Waals surface area contributed by atoms with E-state index in [2.05, 4.69) is 20.7 Å². The van der Waals surface area contributed by atoms with Crippen LogP contribution in [0.3, 0.4) is 0 Å². The average Bonchev–Trinajstić information content (AvgIpc) is 3.12. The van der Waals surface area contributed by atoms with Gasteiger partial charge in [-0.25, -0.2) is 9.50 Å². The summed E-state index contributed by atoms with van der Waals surface area (Å²) in [5, 5.41) is 11.1. The van der Waals surface area contributed by atoms with Crippen molar-refractivity contribution in [2.24, 2.45) is 5.73 Å². The first-order valence-corrected chi connectivity index (χ1v) is 9.19. The molecule has 0 bridgehead atoms. The van der Waals surface area contributed by atoms with E-state index in [-0.39, 0.29) is 6.04 Å². The molecule has 1 aliphatic rings. The summed E-state index contributed by atoms with van der Waals surface area (Å²) in [6, 6.07) is 7.30. The molecule has 2 heterocycles. The molecular weight excluding hydrogens is 369 g/mol. The highest BCUT2D eigenvalue weighted by Gasteiger charge is 2.30. The van der Waals surface area contributed by atoms with Crippen molar-refractivity contribution in [3.63, 3.8) is 0 Å². The second-order valence-electron chi connectivity index (χ2n) is 7.09. The third-order valence-corrected chi connectivity index (χ3v) is 4.97. The van der Waals surface area contributed by atoms with Crippen LogP contribution >= 0.6 is 0 Å². The SMILES string of the molecule is NC1CCC(Nc2cc(Nc3ccc(C(F)(F)F)cc3)c3nccn3n2)CC1. The normalized spacial score (nSPS) is 20.3. The number of nitrogens with one attached hydrogen (secondary N) is 2. The molecule has 9 heteroatoms. The van der Waals surface area contributed by atoms with E-state index in [9.17, 15) is 13.2 Å². The summed E-state index contributed by atoms with van der Waals surface area (Å²) in [4.78, 5) is 4.28. The summed E-state index contributed by atoms with van der Waals surface area (Å²) < 4.78 is 39.9. The highest BCUT2D eigenvalue weighted by Crippen LogP contribution is 2.31. The molecule has 0 saturated heterocycles. The van der Waals surface area contributed by atoms with Gasteiger partial charge in [-0.3, -0.25) is 0 Å². The van der Waals surface area contributed by atoms with Gasteiger partial charge in [0.25, 0.3) is 0 Å². The van der Waals surface area contributed by atoms with Gasteiger partial charge in [0, 0.05) is 36.2 Å². The number of hydrogen-bond donors (Lipinski definition) is 3. The summed E-state index contributed by atoms with van der Waals surface area (Å²) >= 11 is 0. The molecule has 0 radical (unpaired) electrons. The van der Waals surface area contributed by atoms with Gasteiger partial charge in [0.2, 0.25) is 0 Å². The van der Waals surface area contributed by atoms with Crippen LogP contribution in [0.4, 0.5) is 30.4 Å². The maximum atomic E-state index is 12.8. The fourth-order valence-electron chi connectivity index (χ4n) is 3.45. The van der Waals surface area contributed by atoms with Crippen molar-refractivity contribution in [2.45, 2.75) is 43.9 Å². The third kappa shape index (κ3) is 4.04. The monoisotopic (exact) mass is 390 g/mol. The summed E-state index contributed by atoms with van der Waals surface area (Å²) in [5.74, 6) is 0.681. The highest BCUT2D eigenvalue weighted by molar-refractivity contribution is 5.75. The van der Waals surface area contributed by atoms with Crippen molar-refractivity contribution < 1.29 is 13.2 Å². The number of imidazole rings is 1. The molecule has 6 nitrogen and oxygen atoms in total. The average molecular weight is 390 g/mol. The van der Waals surface area contributed by atoms with E-state index in [4.69, 9.17) is 5.73 Å². The van der Waals surface area contributed by atoms with Gasteiger partial charge in [-0.15, -0.1) is 5.10 Å². The van der Waals surface area contributed by atoms with Gasteiger partial charge in [-0.1, -0.05) is 0 Å². The smallest absolute Gasteiger partial charge is 0.366 e. The summed E-state index contributed by atoms with van der Waals surface area (Å²) in [7, 11) is 0. The summed E-state index contributed by atoms with van der Waals surface area (Å²) in [6.45, 7) is 0. The van der Waals surface area contributed by atoms with Crippen LogP contribution in [0.25, 0.3) is 5.65 Å². The molecule has 0 aliphatic heterocycles. The first-order chi connectivity index (χ1) is 13.4.